The molecule has 1 aromatic heterocycles. The first-order chi connectivity index (χ1) is 13.7. The molecule has 144 valence electrons. The van der Waals surface area contributed by atoms with E-state index in [9.17, 15) is 0 Å². The van der Waals surface area contributed by atoms with Gasteiger partial charge in [0, 0.05) is 23.5 Å². The summed E-state index contributed by atoms with van der Waals surface area (Å²) in [6.07, 6.45) is 0. The van der Waals surface area contributed by atoms with Gasteiger partial charge in [0.15, 0.2) is 11.5 Å². The first-order valence-corrected chi connectivity index (χ1v) is 9.22. The molecular weight excluding hydrogens is 356 g/mol. The van der Waals surface area contributed by atoms with Crippen LogP contribution in [0.2, 0.25) is 0 Å². The number of aryl methyl sites for hydroxylation is 1. The monoisotopic (exact) mass is 378 g/mol. The third kappa shape index (κ3) is 4.25. The molecule has 2 heterocycles. The zero-order valence-corrected chi connectivity index (χ0v) is 15.9. The second-order valence-electron chi connectivity index (χ2n) is 6.25. The van der Waals surface area contributed by atoms with Crippen molar-refractivity contribution >= 4 is 23.0 Å². The van der Waals surface area contributed by atoms with E-state index in [4.69, 9.17) is 14.2 Å². The van der Waals surface area contributed by atoms with Crippen molar-refractivity contribution < 1.29 is 14.2 Å². The number of rotatable bonds is 6. The Morgan fingerprint density at radius 2 is 1.50 bits per heavy atom. The molecule has 7 nitrogen and oxygen atoms in total. The Bertz CT molecular complexity index is 960. The number of ether oxygens (including phenoxy) is 3. The quantitative estimate of drug-likeness (QED) is 0.656. The SMILES string of the molecule is CCOc1ccc(Nc2cc(Nc3ccc4c(c3)OCCO4)nc(C)n2)cc1. The molecule has 0 saturated heterocycles. The largest absolute Gasteiger partial charge is 0.494 e. The van der Waals surface area contributed by atoms with E-state index in [0.29, 0.717) is 37.3 Å². The molecule has 0 saturated carbocycles. The third-order valence-electron chi connectivity index (χ3n) is 4.09. The summed E-state index contributed by atoms with van der Waals surface area (Å²) in [4.78, 5) is 8.93. The minimum atomic E-state index is 0.555. The molecule has 0 atom stereocenters. The summed E-state index contributed by atoms with van der Waals surface area (Å²) in [6, 6.07) is 15.4. The number of anilines is 4. The molecule has 0 amide bonds. The third-order valence-corrected chi connectivity index (χ3v) is 4.09. The van der Waals surface area contributed by atoms with Gasteiger partial charge in [-0.25, -0.2) is 9.97 Å². The van der Waals surface area contributed by atoms with Gasteiger partial charge in [-0.3, -0.25) is 0 Å². The lowest BCUT2D eigenvalue weighted by molar-refractivity contribution is 0.171. The molecule has 2 aromatic carbocycles. The van der Waals surface area contributed by atoms with Crippen molar-refractivity contribution in [3.8, 4) is 17.2 Å². The van der Waals surface area contributed by atoms with E-state index in [0.717, 1.165) is 28.6 Å². The number of nitrogens with one attached hydrogen (secondary N) is 2. The number of hydrogen-bond acceptors (Lipinski definition) is 7. The first kappa shape index (κ1) is 17.9. The van der Waals surface area contributed by atoms with E-state index >= 15 is 0 Å². The summed E-state index contributed by atoms with van der Waals surface area (Å²) < 4.78 is 16.7. The molecule has 1 aliphatic rings. The highest BCUT2D eigenvalue weighted by atomic mass is 16.6. The van der Waals surface area contributed by atoms with E-state index in [-0.39, 0.29) is 0 Å². The van der Waals surface area contributed by atoms with Gasteiger partial charge in [0.05, 0.1) is 6.61 Å². The van der Waals surface area contributed by atoms with E-state index in [1.807, 2.05) is 62.4 Å². The van der Waals surface area contributed by atoms with E-state index in [1.165, 1.54) is 0 Å². The Morgan fingerprint density at radius 1 is 0.857 bits per heavy atom. The van der Waals surface area contributed by atoms with Crippen molar-refractivity contribution in [1.82, 2.24) is 9.97 Å². The Morgan fingerprint density at radius 3 is 2.21 bits per heavy atom. The summed E-state index contributed by atoms with van der Waals surface area (Å²) in [6.45, 7) is 5.60. The maximum atomic E-state index is 5.63. The molecule has 3 aromatic rings. The van der Waals surface area contributed by atoms with Crippen LogP contribution in [0.1, 0.15) is 12.7 Å². The fraction of sp³-hybridized carbons (Fsp3) is 0.238. The molecular formula is C21H22N4O3. The zero-order valence-electron chi connectivity index (χ0n) is 15.9. The van der Waals surface area contributed by atoms with Crippen molar-refractivity contribution in [2.75, 3.05) is 30.5 Å². The Kier molecular flexibility index (Phi) is 5.14. The van der Waals surface area contributed by atoms with Crippen LogP contribution in [-0.4, -0.2) is 29.8 Å². The smallest absolute Gasteiger partial charge is 0.163 e. The highest BCUT2D eigenvalue weighted by Gasteiger charge is 2.12. The van der Waals surface area contributed by atoms with Crippen LogP contribution in [0.25, 0.3) is 0 Å². The van der Waals surface area contributed by atoms with Gasteiger partial charge in [-0.15, -0.1) is 0 Å². The van der Waals surface area contributed by atoms with Gasteiger partial charge in [-0.2, -0.15) is 0 Å². The average Bonchev–Trinajstić information content (AvgIpc) is 2.69. The molecule has 1 aliphatic heterocycles. The maximum Gasteiger partial charge on any atom is 0.163 e. The molecule has 0 radical (unpaired) electrons. The first-order valence-electron chi connectivity index (χ1n) is 9.22. The van der Waals surface area contributed by atoms with Crippen LogP contribution >= 0.6 is 0 Å². The highest BCUT2D eigenvalue weighted by Crippen LogP contribution is 2.33. The molecule has 0 unspecified atom stereocenters. The average molecular weight is 378 g/mol. The Labute approximate surface area is 163 Å². The van der Waals surface area contributed by atoms with Crippen LogP contribution in [-0.2, 0) is 0 Å². The van der Waals surface area contributed by atoms with Gasteiger partial charge in [0.25, 0.3) is 0 Å². The van der Waals surface area contributed by atoms with Gasteiger partial charge >= 0.3 is 0 Å². The van der Waals surface area contributed by atoms with Gasteiger partial charge in [-0.1, -0.05) is 0 Å². The van der Waals surface area contributed by atoms with E-state index in [2.05, 4.69) is 20.6 Å². The van der Waals surface area contributed by atoms with Crippen molar-refractivity contribution in [3.63, 3.8) is 0 Å². The lowest BCUT2D eigenvalue weighted by Crippen LogP contribution is -2.15. The van der Waals surface area contributed by atoms with Crippen molar-refractivity contribution in [2.45, 2.75) is 13.8 Å². The van der Waals surface area contributed by atoms with Gasteiger partial charge < -0.3 is 24.8 Å². The van der Waals surface area contributed by atoms with Crippen LogP contribution in [0, 0.1) is 6.92 Å². The van der Waals surface area contributed by atoms with Gasteiger partial charge in [-0.05, 0) is 50.2 Å². The second-order valence-corrected chi connectivity index (χ2v) is 6.25. The van der Waals surface area contributed by atoms with E-state index < -0.39 is 0 Å². The van der Waals surface area contributed by atoms with Crippen LogP contribution in [0.4, 0.5) is 23.0 Å². The summed E-state index contributed by atoms with van der Waals surface area (Å²) in [7, 11) is 0. The van der Waals surface area contributed by atoms with E-state index in [1.54, 1.807) is 0 Å². The molecule has 2 N–H and O–H groups in total. The van der Waals surface area contributed by atoms with Crippen molar-refractivity contribution in [1.29, 1.82) is 0 Å². The summed E-state index contributed by atoms with van der Waals surface area (Å²) in [5.74, 6) is 4.39. The summed E-state index contributed by atoms with van der Waals surface area (Å²) in [5.41, 5.74) is 1.79. The predicted molar refractivity (Wildman–Crippen MR) is 108 cm³/mol. The predicted octanol–water partition coefficient (Wildman–Crippen LogP) is 4.44. The second kappa shape index (κ2) is 8.04. The van der Waals surface area contributed by atoms with Crippen molar-refractivity contribution in [2.24, 2.45) is 0 Å². The number of benzene rings is 2. The summed E-state index contributed by atoms with van der Waals surface area (Å²) in [5, 5.41) is 6.60. The number of nitrogens with zero attached hydrogens (tertiary/aromatic N) is 2. The molecule has 0 fully saturated rings. The molecule has 0 bridgehead atoms. The lowest BCUT2D eigenvalue weighted by Gasteiger charge is -2.19. The molecule has 7 heteroatoms. The standard InChI is InChI=1S/C21H22N4O3/c1-3-26-17-7-4-15(5-8-17)24-20-13-21(23-14(2)22-20)25-16-6-9-18-19(12-16)28-11-10-27-18/h4-9,12-13H,3,10-11H2,1-2H3,(H2,22,23,24,25). The van der Waals surface area contributed by atoms with Gasteiger partial charge in [0.1, 0.15) is 36.4 Å². The minimum Gasteiger partial charge on any atom is -0.494 e. The number of aromatic nitrogens is 2. The normalized spacial score (nSPS) is 12.4. The Hall–Kier alpha value is -3.48. The van der Waals surface area contributed by atoms with Gasteiger partial charge in [0.2, 0.25) is 0 Å². The zero-order chi connectivity index (χ0) is 19.3. The number of hydrogen-bond donors (Lipinski definition) is 2. The molecule has 28 heavy (non-hydrogen) atoms. The highest BCUT2D eigenvalue weighted by molar-refractivity contribution is 5.65. The van der Waals surface area contributed by atoms with Crippen LogP contribution in [0.3, 0.4) is 0 Å². The maximum absolute atomic E-state index is 5.63. The molecule has 0 spiro atoms. The van der Waals surface area contributed by atoms with Crippen LogP contribution in [0.15, 0.2) is 48.5 Å². The summed E-state index contributed by atoms with van der Waals surface area (Å²) >= 11 is 0. The Balaban J connectivity index is 1.50. The lowest BCUT2D eigenvalue weighted by atomic mass is 10.2. The van der Waals surface area contributed by atoms with Crippen LogP contribution < -0.4 is 24.8 Å². The number of fused-ring (bicyclic) bond motifs is 1. The fourth-order valence-electron chi connectivity index (χ4n) is 2.91. The fourth-order valence-corrected chi connectivity index (χ4v) is 2.91. The molecule has 4 rings (SSSR count). The minimum absolute atomic E-state index is 0.555. The molecule has 0 aliphatic carbocycles. The van der Waals surface area contributed by atoms with Crippen molar-refractivity contribution in [3.05, 3.63) is 54.4 Å². The topological polar surface area (TPSA) is 77.5 Å². The van der Waals surface area contributed by atoms with Crippen LogP contribution in [0.5, 0.6) is 17.2 Å².